The van der Waals surface area contributed by atoms with Gasteiger partial charge in [-0.3, -0.25) is 4.79 Å². The Bertz CT molecular complexity index is 356. The van der Waals surface area contributed by atoms with Crippen molar-refractivity contribution in [2.45, 2.75) is 18.5 Å². The number of amides is 1. The Morgan fingerprint density at radius 3 is 2.93 bits per heavy atom. The van der Waals surface area contributed by atoms with Gasteiger partial charge in [0.2, 0.25) is 5.91 Å². The van der Waals surface area contributed by atoms with Gasteiger partial charge in [-0.1, -0.05) is 11.8 Å². The van der Waals surface area contributed by atoms with Crippen molar-refractivity contribution in [3.63, 3.8) is 0 Å². The van der Waals surface area contributed by atoms with Crippen LogP contribution in [0.25, 0.3) is 0 Å². The van der Waals surface area contributed by atoms with Crippen LogP contribution in [-0.4, -0.2) is 28.7 Å². The van der Waals surface area contributed by atoms with Crippen LogP contribution in [0.5, 0.6) is 0 Å². The Balaban J connectivity index is 2.76. The first-order valence-electron chi connectivity index (χ1n) is 4.55. The molecule has 82 valence electrons. The Morgan fingerprint density at radius 1 is 1.60 bits per heavy atom. The normalized spacial score (nSPS) is 10.1. The number of nitrogens with two attached hydrogens (primary N) is 1. The van der Waals surface area contributed by atoms with Crippen LogP contribution in [0.3, 0.4) is 0 Å². The summed E-state index contributed by atoms with van der Waals surface area (Å²) < 4.78 is 0. The van der Waals surface area contributed by atoms with E-state index in [1.54, 1.807) is 6.07 Å². The Kier molecular flexibility index (Phi) is 4.51. The zero-order chi connectivity index (χ0) is 11.3. The summed E-state index contributed by atoms with van der Waals surface area (Å²) in [4.78, 5) is 19.6. The third-order valence-corrected chi connectivity index (χ3v) is 2.20. The minimum Gasteiger partial charge on any atom is -0.330 e. The largest absolute Gasteiger partial charge is 0.330 e. The predicted molar refractivity (Wildman–Crippen MR) is 60.9 cm³/mol. The molecule has 1 aromatic rings. The average molecular weight is 226 g/mol. The van der Waals surface area contributed by atoms with Crippen LogP contribution in [-0.2, 0) is 4.79 Å². The minimum absolute atomic E-state index is 0.123. The molecule has 5 nitrogen and oxygen atoms in total. The van der Waals surface area contributed by atoms with Crippen molar-refractivity contribution in [3.05, 3.63) is 11.8 Å². The minimum atomic E-state index is -0.123. The fraction of sp³-hybridized carbons (Fsp3) is 0.444. The van der Waals surface area contributed by atoms with Crippen LogP contribution in [0.15, 0.2) is 11.2 Å². The van der Waals surface area contributed by atoms with Gasteiger partial charge in [0.25, 0.3) is 0 Å². The van der Waals surface area contributed by atoms with E-state index in [1.807, 2.05) is 13.2 Å². The number of rotatable bonds is 4. The van der Waals surface area contributed by atoms with Gasteiger partial charge in [-0.15, -0.1) is 0 Å². The molecule has 0 unspecified atom stereocenters. The summed E-state index contributed by atoms with van der Waals surface area (Å²) in [6.07, 6.45) is 2.19. The average Bonchev–Trinajstić information content (AvgIpc) is 2.17. The maximum atomic E-state index is 11.3. The van der Waals surface area contributed by atoms with E-state index in [1.165, 1.54) is 11.8 Å². The number of carbonyl (C=O) groups is 1. The van der Waals surface area contributed by atoms with Crippen LogP contribution in [0, 0.1) is 6.92 Å². The molecule has 15 heavy (non-hydrogen) atoms. The van der Waals surface area contributed by atoms with Crippen molar-refractivity contribution < 1.29 is 4.79 Å². The molecule has 0 radical (unpaired) electrons. The maximum Gasteiger partial charge on any atom is 0.226 e. The molecule has 1 heterocycles. The molecule has 0 aromatic carbocycles. The Hall–Kier alpha value is -1.14. The Labute approximate surface area is 92.9 Å². The summed E-state index contributed by atoms with van der Waals surface area (Å²) in [6.45, 7) is 2.20. The van der Waals surface area contributed by atoms with Gasteiger partial charge in [0.05, 0.1) is 0 Å². The first-order valence-corrected chi connectivity index (χ1v) is 5.77. The van der Waals surface area contributed by atoms with Crippen molar-refractivity contribution in [2.75, 3.05) is 18.1 Å². The molecule has 0 atom stereocenters. The van der Waals surface area contributed by atoms with E-state index in [2.05, 4.69) is 15.3 Å². The van der Waals surface area contributed by atoms with Gasteiger partial charge in [-0.2, -0.15) is 0 Å². The first-order chi connectivity index (χ1) is 7.15. The second-order valence-electron chi connectivity index (χ2n) is 2.97. The number of nitrogens with zero attached hydrogens (tertiary/aromatic N) is 2. The van der Waals surface area contributed by atoms with E-state index < -0.39 is 0 Å². The van der Waals surface area contributed by atoms with Gasteiger partial charge in [-0.05, 0) is 13.2 Å². The lowest BCUT2D eigenvalue weighted by Gasteiger charge is -2.05. The summed E-state index contributed by atoms with van der Waals surface area (Å²) in [5, 5.41) is 3.33. The molecule has 0 aliphatic heterocycles. The summed E-state index contributed by atoms with van der Waals surface area (Å²) >= 11 is 1.44. The van der Waals surface area contributed by atoms with Crippen LogP contribution in [0.1, 0.15) is 12.1 Å². The highest BCUT2D eigenvalue weighted by atomic mass is 32.2. The van der Waals surface area contributed by atoms with Crippen molar-refractivity contribution in [1.82, 2.24) is 9.97 Å². The number of hydrogen-bond donors (Lipinski definition) is 2. The fourth-order valence-corrected chi connectivity index (χ4v) is 1.46. The van der Waals surface area contributed by atoms with E-state index in [9.17, 15) is 4.79 Å². The number of aromatic nitrogens is 2. The van der Waals surface area contributed by atoms with E-state index in [0.29, 0.717) is 23.9 Å². The lowest BCUT2D eigenvalue weighted by molar-refractivity contribution is -0.116. The van der Waals surface area contributed by atoms with Gasteiger partial charge in [0.1, 0.15) is 5.82 Å². The summed E-state index contributed by atoms with van der Waals surface area (Å²) in [5.41, 5.74) is 6.10. The SMILES string of the molecule is CSc1nc(C)cc(NC(=O)CCN)n1. The third kappa shape index (κ3) is 3.85. The van der Waals surface area contributed by atoms with Crippen LogP contribution in [0.4, 0.5) is 5.82 Å². The van der Waals surface area contributed by atoms with E-state index in [-0.39, 0.29) is 5.91 Å². The second-order valence-corrected chi connectivity index (χ2v) is 3.74. The van der Waals surface area contributed by atoms with Gasteiger partial charge < -0.3 is 11.1 Å². The second kappa shape index (κ2) is 5.67. The Morgan fingerprint density at radius 2 is 2.33 bits per heavy atom. The molecule has 0 fully saturated rings. The number of carbonyl (C=O) groups excluding carboxylic acids is 1. The van der Waals surface area contributed by atoms with Gasteiger partial charge in [0.15, 0.2) is 5.16 Å². The molecule has 0 spiro atoms. The molecule has 0 aliphatic carbocycles. The third-order valence-electron chi connectivity index (χ3n) is 1.66. The number of aryl methyl sites for hydroxylation is 1. The molecule has 1 aromatic heterocycles. The topological polar surface area (TPSA) is 80.9 Å². The molecule has 1 amide bonds. The molecular formula is C9H14N4OS. The van der Waals surface area contributed by atoms with Crippen molar-refractivity contribution in [2.24, 2.45) is 5.73 Å². The number of nitrogens with one attached hydrogen (secondary N) is 1. The number of hydrogen-bond acceptors (Lipinski definition) is 5. The smallest absolute Gasteiger partial charge is 0.226 e. The summed E-state index contributed by atoms with van der Waals surface area (Å²) in [7, 11) is 0. The molecule has 0 aliphatic rings. The van der Waals surface area contributed by atoms with Crippen molar-refractivity contribution >= 4 is 23.5 Å². The first kappa shape index (κ1) is 11.9. The quantitative estimate of drug-likeness (QED) is 0.586. The summed E-state index contributed by atoms with van der Waals surface area (Å²) in [6, 6.07) is 1.73. The predicted octanol–water partition coefficient (Wildman–Crippen LogP) is 0.794. The number of anilines is 1. The molecule has 0 bridgehead atoms. The highest BCUT2D eigenvalue weighted by Gasteiger charge is 2.04. The van der Waals surface area contributed by atoms with E-state index in [0.717, 1.165) is 5.69 Å². The highest BCUT2D eigenvalue weighted by molar-refractivity contribution is 7.98. The number of thioether (sulfide) groups is 1. The van der Waals surface area contributed by atoms with Gasteiger partial charge >= 0.3 is 0 Å². The molecule has 0 saturated heterocycles. The molecule has 0 saturated carbocycles. The van der Waals surface area contributed by atoms with Crippen molar-refractivity contribution in [3.8, 4) is 0 Å². The van der Waals surface area contributed by atoms with E-state index >= 15 is 0 Å². The summed E-state index contributed by atoms with van der Waals surface area (Å²) in [5.74, 6) is 0.410. The maximum absolute atomic E-state index is 11.3. The van der Waals surface area contributed by atoms with Crippen molar-refractivity contribution in [1.29, 1.82) is 0 Å². The molecule has 3 N–H and O–H groups in total. The van der Waals surface area contributed by atoms with Gasteiger partial charge in [0, 0.05) is 24.7 Å². The molecule has 1 rings (SSSR count). The lowest BCUT2D eigenvalue weighted by Crippen LogP contribution is -2.17. The standard InChI is InChI=1S/C9H14N4OS/c1-6-5-7(12-8(14)3-4-10)13-9(11-6)15-2/h5H,3-4,10H2,1-2H3,(H,11,12,13,14). The van der Waals surface area contributed by atoms with Crippen LogP contribution < -0.4 is 11.1 Å². The monoisotopic (exact) mass is 226 g/mol. The molecule has 6 heteroatoms. The highest BCUT2D eigenvalue weighted by Crippen LogP contribution is 2.13. The van der Waals surface area contributed by atoms with Crippen LogP contribution in [0.2, 0.25) is 0 Å². The van der Waals surface area contributed by atoms with E-state index in [4.69, 9.17) is 5.73 Å². The zero-order valence-electron chi connectivity index (χ0n) is 8.78. The lowest BCUT2D eigenvalue weighted by atomic mass is 10.4. The zero-order valence-corrected chi connectivity index (χ0v) is 9.60. The molecular weight excluding hydrogens is 212 g/mol. The van der Waals surface area contributed by atoms with Gasteiger partial charge in [-0.25, -0.2) is 9.97 Å². The fourth-order valence-electron chi connectivity index (χ4n) is 1.03. The van der Waals surface area contributed by atoms with Crippen LogP contribution >= 0.6 is 11.8 Å².